The van der Waals surface area contributed by atoms with Gasteiger partial charge in [0, 0.05) is 23.2 Å². The van der Waals surface area contributed by atoms with Crippen molar-refractivity contribution < 1.29 is 0 Å². The van der Waals surface area contributed by atoms with Gasteiger partial charge in [-0.15, -0.1) is 0 Å². The predicted molar refractivity (Wildman–Crippen MR) is 77.8 cm³/mol. The first-order valence-corrected chi connectivity index (χ1v) is 6.71. The van der Waals surface area contributed by atoms with Gasteiger partial charge in [-0.05, 0) is 31.5 Å². The highest BCUT2D eigenvalue weighted by atomic mass is 14.9. The summed E-state index contributed by atoms with van der Waals surface area (Å²) in [6.45, 7) is 0. The monoisotopic (exact) mass is 253 g/mol. The van der Waals surface area contributed by atoms with Crippen LogP contribution in [-0.4, -0.2) is 12.0 Å². The smallest absolute Gasteiger partial charge is 0.128 e. The number of nitrogens with two attached hydrogens (primary N) is 1. The van der Waals surface area contributed by atoms with E-state index in [0.29, 0.717) is 5.82 Å². The number of anilines is 1. The summed E-state index contributed by atoms with van der Waals surface area (Å²) in [6, 6.07) is 15.0. The second kappa shape index (κ2) is 4.67. The van der Waals surface area contributed by atoms with Gasteiger partial charge >= 0.3 is 0 Å². The molecular formula is C16H19N3. The summed E-state index contributed by atoms with van der Waals surface area (Å²) in [5.74, 6) is 0.629. The summed E-state index contributed by atoms with van der Waals surface area (Å²) < 4.78 is 0. The molecule has 0 aliphatic heterocycles. The third-order valence-electron chi connectivity index (χ3n) is 4.16. The summed E-state index contributed by atoms with van der Waals surface area (Å²) >= 11 is 0. The van der Waals surface area contributed by atoms with Crippen molar-refractivity contribution in [2.24, 2.45) is 0 Å². The average Bonchev–Trinajstić information content (AvgIpc) is 3.24. The van der Waals surface area contributed by atoms with Crippen molar-refractivity contribution in [1.29, 1.82) is 0 Å². The first kappa shape index (κ1) is 12.2. The Morgan fingerprint density at radius 3 is 2.47 bits per heavy atom. The lowest BCUT2D eigenvalue weighted by Gasteiger charge is -2.28. The Hall–Kier alpha value is -1.87. The number of nitrogens with one attached hydrogen (secondary N) is 1. The normalized spacial score (nSPS) is 17.9. The van der Waals surface area contributed by atoms with E-state index >= 15 is 0 Å². The molecule has 0 saturated heterocycles. The van der Waals surface area contributed by atoms with Crippen LogP contribution in [0, 0.1) is 0 Å². The third-order valence-corrected chi connectivity index (χ3v) is 4.16. The fourth-order valence-electron chi connectivity index (χ4n) is 3.05. The van der Waals surface area contributed by atoms with E-state index in [9.17, 15) is 0 Å². The average molecular weight is 253 g/mol. The van der Waals surface area contributed by atoms with Crippen LogP contribution in [-0.2, 0) is 5.41 Å². The maximum Gasteiger partial charge on any atom is 0.128 e. The highest BCUT2D eigenvalue weighted by molar-refractivity contribution is 5.47. The van der Waals surface area contributed by atoms with Gasteiger partial charge in [-0.3, -0.25) is 0 Å². The molecule has 1 aliphatic carbocycles. The highest BCUT2D eigenvalue weighted by Crippen LogP contribution is 2.56. The zero-order chi connectivity index (χ0) is 13.3. The topological polar surface area (TPSA) is 50.9 Å². The van der Waals surface area contributed by atoms with E-state index in [0.717, 1.165) is 5.56 Å². The molecule has 0 amide bonds. The van der Waals surface area contributed by atoms with Crippen molar-refractivity contribution in [1.82, 2.24) is 10.3 Å². The Kier molecular flexibility index (Phi) is 2.99. The van der Waals surface area contributed by atoms with E-state index in [-0.39, 0.29) is 11.5 Å². The molecule has 1 aromatic carbocycles. The van der Waals surface area contributed by atoms with Gasteiger partial charge in [0.25, 0.3) is 0 Å². The lowest BCUT2D eigenvalue weighted by atomic mass is 9.84. The molecule has 98 valence electrons. The second-order valence-corrected chi connectivity index (χ2v) is 5.22. The zero-order valence-corrected chi connectivity index (χ0v) is 11.1. The van der Waals surface area contributed by atoms with Crippen molar-refractivity contribution in [3.63, 3.8) is 0 Å². The van der Waals surface area contributed by atoms with Gasteiger partial charge in [0.1, 0.15) is 5.82 Å². The van der Waals surface area contributed by atoms with Crippen molar-refractivity contribution in [2.45, 2.75) is 24.3 Å². The molecule has 3 N–H and O–H groups in total. The molecule has 1 fully saturated rings. The summed E-state index contributed by atoms with van der Waals surface area (Å²) in [5, 5.41) is 3.44. The molecule has 3 nitrogen and oxygen atoms in total. The van der Waals surface area contributed by atoms with E-state index in [1.165, 1.54) is 18.4 Å². The minimum atomic E-state index is 0.174. The number of aromatic nitrogens is 1. The lowest BCUT2D eigenvalue weighted by molar-refractivity contribution is 0.463. The van der Waals surface area contributed by atoms with Gasteiger partial charge in [-0.1, -0.05) is 36.4 Å². The SMILES string of the molecule is CNC(c1cccnc1N)C1(c2ccccc2)CC1. The van der Waals surface area contributed by atoms with Gasteiger partial charge in [0.2, 0.25) is 0 Å². The van der Waals surface area contributed by atoms with Crippen LogP contribution in [0.1, 0.15) is 30.0 Å². The maximum atomic E-state index is 6.05. The largest absolute Gasteiger partial charge is 0.383 e. The first-order chi connectivity index (χ1) is 9.28. The molecule has 1 unspecified atom stereocenters. The van der Waals surface area contributed by atoms with E-state index in [1.807, 2.05) is 13.1 Å². The van der Waals surface area contributed by atoms with Gasteiger partial charge in [0.05, 0.1) is 0 Å². The number of rotatable bonds is 4. The molecule has 1 atom stereocenters. The highest BCUT2D eigenvalue weighted by Gasteiger charge is 2.51. The molecule has 0 spiro atoms. The molecule has 19 heavy (non-hydrogen) atoms. The van der Waals surface area contributed by atoms with Crippen LogP contribution in [0.5, 0.6) is 0 Å². The molecule has 1 aliphatic rings. The summed E-state index contributed by atoms with van der Waals surface area (Å²) in [6.07, 6.45) is 4.13. The van der Waals surface area contributed by atoms with E-state index in [2.05, 4.69) is 46.7 Å². The van der Waals surface area contributed by atoms with E-state index in [4.69, 9.17) is 5.73 Å². The van der Waals surface area contributed by atoms with Crippen molar-refractivity contribution >= 4 is 5.82 Å². The minimum absolute atomic E-state index is 0.174. The number of pyridine rings is 1. The Bertz CT molecular complexity index is 561. The molecule has 1 heterocycles. The molecule has 3 heteroatoms. The summed E-state index contributed by atoms with van der Waals surface area (Å²) in [7, 11) is 2.00. The van der Waals surface area contributed by atoms with Gasteiger partial charge < -0.3 is 11.1 Å². The van der Waals surface area contributed by atoms with Gasteiger partial charge in [0.15, 0.2) is 0 Å². The first-order valence-electron chi connectivity index (χ1n) is 6.71. The fourth-order valence-corrected chi connectivity index (χ4v) is 3.05. The maximum absolute atomic E-state index is 6.05. The molecule has 0 bridgehead atoms. The third kappa shape index (κ3) is 2.00. The quantitative estimate of drug-likeness (QED) is 0.880. The van der Waals surface area contributed by atoms with Crippen LogP contribution in [0.4, 0.5) is 5.82 Å². The number of hydrogen-bond acceptors (Lipinski definition) is 3. The summed E-state index contributed by atoms with van der Waals surface area (Å²) in [4.78, 5) is 4.22. The molecular weight excluding hydrogens is 234 g/mol. The standard InChI is InChI=1S/C16H19N3/c1-18-14(13-8-5-11-19-15(13)17)16(9-10-16)12-6-3-2-4-7-12/h2-8,11,14,18H,9-10H2,1H3,(H2,17,19). The van der Waals surface area contributed by atoms with Crippen LogP contribution in [0.2, 0.25) is 0 Å². The van der Waals surface area contributed by atoms with Crippen molar-refractivity contribution in [2.75, 3.05) is 12.8 Å². The molecule has 1 aromatic heterocycles. The Morgan fingerprint density at radius 1 is 1.16 bits per heavy atom. The number of nitrogens with zero attached hydrogens (tertiary/aromatic N) is 1. The molecule has 3 rings (SSSR count). The van der Waals surface area contributed by atoms with E-state index in [1.54, 1.807) is 6.20 Å². The predicted octanol–water partition coefficient (Wildman–Crippen LogP) is 2.66. The van der Waals surface area contributed by atoms with Crippen LogP contribution in [0.25, 0.3) is 0 Å². The van der Waals surface area contributed by atoms with E-state index < -0.39 is 0 Å². The van der Waals surface area contributed by atoms with Crippen LogP contribution < -0.4 is 11.1 Å². The van der Waals surface area contributed by atoms with Crippen LogP contribution >= 0.6 is 0 Å². The van der Waals surface area contributed by atoms with Gasteiger partial charge in [-0.2, -0.15) is 0 Å². The Morgan fingerprint density at radius 2 is 1.89 bits per heavy atom. The minimum Gasteiger partial charge on any atom is -0.383 e. The van der Waals surface area contributed by atoms with Crippen molar-refractivity contribution in [3.05, 3.63) is 59.8 Å². The second-order valence-electron chi connectivity index (χ2n) is 5.22. The zero-order valence-electron chi connectivity index (χ0n) is 11.1. The van der Waals surface area contributed by atoms with Crippen LogP contribution in [0.15, 0.2) is 48.7 Å². The summed E-state index contributed by atoms with van der Waals surface area (Å²) in [5.41, 5.74) is 8.71. The molecule has 0 radical (unpaired) electrons. The molecule has 2 aromatic rings. The molecule has 1 saturated carbocycles. The Labute approximate surface area is 113 Å². The fraction of sp³-hybridized carbons (Fsp3) is 0.312. The number of hydrogen-bond donors (Lipinski definition) is 2. The number of benzene rings is 1. The van der Waals surface area contributed by atoms with Crippen LogP contribution in [0.3, 0.4) is 0 Å². The number of nitrogen functional groups attached to an aromatic ring is 1. The van der Waals surface area contributed by atoms with Gasteiger partial charge in [-0.25, -0.2) is 4.98 Å². The van der Waals surface area contributed by atoms with Crippen molar-refractivity contribution in [3.8, 4) is 0 Å². The lowest BCUT2D eigenvalue weighted by Crippen LogP contribution is -2.30. The Balaban J connectivity index is 2.02. The number of likely N-dealkylation sites (N-methyl/N-ethyl adjacent to an activating group) is 1.